The Bertz CT molecular complexity index is 1040. The molecule has 1 aliphatic heterocycles. The average molecular weight is 429 g/mol. The summed E-state index contributed by atoms with van der Waals surface area (Å²) < 4.78 is 14.0. The van der Waals surface area contributed by atoms with Crippen LogP contribution in [0.15, 0.2) is 40.9 Å². The number of thiophene rings is 1. The van der Waals surface area contributed by atoms with Gasteiger partial charge in [-0.25, -0.2) is 0 Å². The summed E-state index contributed by atoms with van der Waals surface area (Å²) in [7, 11) is 1.91. The summed E-state index contributed by atoms with van der Waals surface area (Å²) in [5, 5.41) is 14.1. The summed E-state index contributed by atoms with van der Waals surface area (Å²) in [6, 6.07) is 9.53. The quantitative estimate of drug-likeness (QED) is 0.610. The molecule has 3 heterocycles. The highest BCUT2D eigenvalue weighted by atomic mass is 32.2. The van der Waals surface area contributed by atoms with Crippen molar-refractivity contribution in [2.45, 2.75) is 36.6 Å². The maximum Gasteiger partial charge on any atom is 0.251 e. The Kier molecular flexibility index (Phi) is 4.71. The molecule has 0 saturated heterocycles. The van der Waals surface area contributed by atoms with Crippen LogP contribution in [0.5, 0.6) is 11.5 Å². The van der Waals surface area contributed by atoms with E-state index in [9.17, 15) is 4.79 Å². The minimum absolute atomic E-state index is 0.106. The predicted octanol–water partition coefficient (Wildman–Crippen LogP) is 4.32. The van der Waals surface area contributed by atoms with Crippen molar-refractivity contribution in [2.75, 3.05) is 11.1 Å². The molecule has 1 spiro atoms. The van der Waals surface area contributed by atoms with Gasteiger partial charge < -0.3 is 19.4 Å². The molecule has 0 unspecified atom stereocenters. The molecule has 3 aromatic rings. The molecule has 1 saturated carbocycles. The molecular weight excluding hydrogens is 408 g/mol. The molecule has 0 radical (unpaired) electrons. The van der Waals surface area contributed by atoms with E-state index in [-0.39, 0.29) is 11.7 Å². The Hall–Kier alpha value is -2.52. The minimum atomic E-state index is -0.494. The lowest BCUT2D eigenvalue weighted by Crippen LogP contribution is -2.34. The van der Waals surface area contributed by atoms with Gasteiger partial charge in [0.1, 0.15) is 0 Å². The smallest absolute Gasteiger partial charge is 0.251 e. The van der Waals surface area contributed by atoms with E-state index in [1.807, 2.05) is 47.3 Å². The predicted molar refractivity (Wildman–Crippen MR) is 113 cm³/mol. The second-order valence-corrected chi connectivity index (χ2v) is 9.05. The monoisotopic (exact) mass is 428 g/mol. The molecule has 1 aliphatic carbocycles. The molecule has 1 amide bonds. The summed E-state index contributed by atoms with van der Waals surface area (Å²) in [4.78, 5) is 13.5. The number of nitrogens with one attached hydrogen (secondary N) is 1. The van der Waals surface area contributed by atoms with Gasteiger partial charge in [-0.1, -0.05) is 17.8 Å². The summed E-state index contributed by atoms with van der Waals surface area (Å²) in [6.07, 6.45) is 4.05. The van der Waals surface area contributed by atoms with Crippen LogP contribution in [0.2, 0.25) is 0 Å². The fourth-order valence-electron chi connectivity index (χ4n) is 3.68. The van der Waals surface area contributed by atoms with Gasteiger partial charge in [-0.2, -0.15) is 0 Å². The standard InChI is InChI=1S/C20H20N4O3S2/c1-24-18(16-5-4-10-28-16)22-23-19(24)29-12-17(25)21-13-6-7-14-15(11-13)27-20(26-14)8-2-3-9-20/h4-7,10-11H,2-3,8-9,12H2,1H3,(H,21,25). The van der Waals surface area contributed by atoms with Gasteiger partial charge in [0, 0.05) is 31.6 Å². The maximum absolute atomic E-state index is 12.4. The van der Waals surface area contributed by atoms with E-state index in [0.29, 0.717) is 16.6 Å². The lowest BCUT2D eigenvalue weighted by Gasteiger charge is -2.21. The van der Waals surface area contributed by atoms with Crippen molar-refractivity contribution in [3.05, 3.63) is 35.7 Å². The number of aromatic nitrogens is 3. The van der Waals surface area contributed by atoms with Gasteiger partial charge in [-0.05, 0) is 36.4 Å². The van der Waals surface area contributed by atoms with Crippen LogP contribution in [-0.2, 0) is 11.8 Å². The molecule has 1 aromatic carbocycles. The number of amides is 1. The van der Waals surface area contributed by atoms with Crippen molar-refractivity contribution in [3.63, 3.8) is 0 Å². The van der Waals surface area contributed by atoms with E-state index in [1.165, 1.54) is 11.8 Å². The number of thioether (sulfide) groups is 1. The number of hydrogen-bond donors (Lipinski definition) is 1. The van der Waals surface area contributed by atoms with Crippen LogP contribution in [0.25, 0.3) is 10.7 Å². The normalized spacial score (nSPS) is 16.4. The topological polar surface area (TPSA) is 78.3 Å². The van der Waals surface area contributed by atoms with Crippen LogP contribution in [0, 0.1) is 0 Å². The zero-order valence-corrected chi connectivity index (χ0v) is 17.5. The molecule has 0 atom stereocenters. The maximum atomic E-state index is 12.4. The van der Waals surface area contributed by atoms with E-state index in [1.54, 1.807) is 11.3 Å². The Morgan fingerprint density at radius 1 is 1.24 bits per heavy atom. The largest absolute Gasteiger partial charge is 0.448 e. The van der Waals surface area contributed by atoms with Crippen LogP contribution in [0.4, 0.5) is 5.69 Å². The van der Waals surface area contributed by atoms with Crippen LogP contribution in [0.1, 0.15) is 25.7 Å². The third-order valence-corrected chi connectivity index (χ3v) is 6.98. The highest BCUT2D eigenvalue weighted by Gasteiger charge is 2.44. The molecule has 1 fully saturated rings. The van der Waals surface area contributed by atoms with Gasteiger partial charge in [0.2, 0.25) is 5.91 Å². The fourth-order valence-corrected chi connectivity index (χ4v) is 5.13. The van der Waals surface area contributed by atoms with Gasteiger partial charge in [-0.15, -0.1) is 21.5 Å². The van der Waals surface area contributed by atoms with Crippen LogP contribution >= 0.6 is 23.1 Å². The van der Waals surface area contributed by atoms with Crippen molar-refractivity contribution in [3.8, 4) is 22.2 Å². The SMILES string of the molecule is Cn1c(SCC(=O)Nc2ccc3c(c2)OC2(CCCC2)O3)nnc1-c1cccs1. The number of nitrogens with zero attached hydrogens (tertiary/aromatic N) is 3. The zero-order chi connectivity index (χ0) is 19.8. The van der Waals surface area contributed by atoms with Crippen molar-refractivity contribution in [2.24, 2.45) is 7.05 Å². The number of anilines is 1. The number of benzene rings is 1. The third-order valence-electron chi connectivity index (χ3n) is 5.09. The second-order valence-electron chi connectivity index (χ2n) is 7.16. The molecule has 0 bridgehead atoms. The molecule has 29 heavy (non-hydrogen) atoms. The Morgan fingerprint density at radius 3 is 2.86 bits per heavy atom. The van der Waals surface area contributed by atoms with Gasteiger partial charge in [0.05, 0.1) is 10.6 Å². The summed E-state index contributed by atoms with van der Waals surface area (Å²) in [5.74, 6) is 1.90. The fraction of sp³-hybridized carbons (Fsp3) is 0.350. The van der Waals surface area contributed by atoms with Crippen molar-refractivity contribution in [1.82, 2.24) is 14.8 Å². The highest BCUT2D eigenvalue weighted by molar-refractivity contribution is 7.99. The number of ether oxygens (including phenoxy) is 2. The van der Waals surface area contributed by atoms with E-state index in [4.69, 9.17) is 9.47 Å². The van der Waals surface area contributed by atoms with E-state index in [0.717, 1.165) is 42.1 Å². The Labute approximate surface area is 176 Å². The highest BCUT2D eigenvalue weighted by Crippen LogP contribution is 2.47. The van der Waals surface area contributed by atoms with Crippen LogP contribution in [0.3, 0.4) is 0 Å². The van der Waals surface area contributed by atoms with E-state index < -0.39 is 5.79 Å². The molecule has 1 N–H and O–H groups in total. The first-order chi connectivity index (χ1) is 14.1. The van der Waals surface area contributed by atoms with E-state index >= 15 is 0 Å². The molecule has 7 nitrogen and oxygen atoms in total. The lowest BCUT2D eigenvalue weighted by molar-refractivity contribution is -0.113. The van der Waals surface area contributed by atoms with Crippen molar-refractivity contribution in [1.29, 1.82) is 0 Å². The van der Waals surface area contributed by atoms with Crippen LogP contribution < -0.4 is 14.8 Å². The summed E-state index contributed by atoms with van der Waals surface area (Å²) in [6.45, 7) is 0. The summed E-state index contributed by atoms with van der Waals surface area (Å²) in [5.41, 5.74) is 0.699. The molecule has 2 aromatic heterocycles. The summed E-state index contributed by atoms with van der Waals surface area (Å²) >= 11 is 2.97. The zero-order valence-electron chi connectivity index (χ0n) is 15.9. The number of rotatable bonds is 5. The van der Waals surface area contributed by atoms with Crippen molar-refractivity contribution < 1.29 is 14.3 Å². The van der Waals surface area contributed by atoms with Gasteiger partial charge in [0.25, 0.3) is 5.79 Å². The first kappa shape index (κ1) is 18.5. The number of hydrogen-bond acceptors (Lipinski definition) is 7. The molecular formula is C20H20N4O3S2. The van der Waals surface area contributed by atoms with E-state index in [2.05, 4.69) is 15.5 Å². The van der Waals surface area contributed by atoms with Crippen molar-refractivity contribution >= 4 is 34.7 Å². The van der Waals surface area contributed by atoms with Gasteiger partial charge in [0.15, 0.2) is 22.5 Å². The number of fused-ring (bicyclic) bond motifs is 1. The third kappa shape index (κ3) is 3.60. The second kappa shape index (κ2) is 7.38. The Balaban J connectivity index is 1.20. The minimum Gasteiger partial charge on any atom is -0.448 e. The lowest BCUT2D eigenvalue weighted by atomic mass is 10.2. The van der Waals surface area contributed by atoms with Gasteiger partial charge >= 0.3 is 0 Å². The number of carbonyl (C=O) groups excluding carboxylic acids is 1. The Morgan fingerprint density at radius 2 is 2.07 bits per heavy atom. The molecule has 2 aliphatic rings. The number of carbonyl (C=O) groups is 1. The van der Waals surface area contributed by atoms with Crippen LogP contribution in [-0.4, -0.2) is 32.2 Å². The molecule has 9 heteroatoms. The molecule has 5 rings (SSSR count). The molecule has 150 valence electrons. The van der Waals surface area contributed by atoms with Gasteiger partial charge in [-0.3, -0.25) is 4.79 Å². The first-order valence-corrected chi connectivity index (χ1v) is 11.4. The average Bonchev–Trinajstić information content (AvgIpc) is 3.48. The first-order valence-electron chi connectivity index (χ1n) is 9.50.